The zero-order valence-corrected chi connectivity index (χ0v) is 17.5. The van der Waals surface area contributed by atoms with E-state index in [-0.39, 0.29) is 25.6 Å². The Bertz CT molecular complexity index is 716. The third-order valence-electron chi connectivity index (χ3n) is 4.25. The summed E-state index contributed by atoms with van der Waals surface area (Å²) in [6.07, 6.45) is -0.0270. The Morgan fingerprint density at radius 3 is 2.34 bits per heavy atom. The lowest BCUT2D eigenvalue weighted by molar-refractivity contribution is -0.152. The van der Waals surface area contributed by atoms with Gasteiger partial charge in [-0.3, -0.25) is 18.7 Å². The van der Waals surface area contributed by atoms with Crippen molar-refractivity contribution in [3.05, 3.63) is 35.9 Å². The molecule has 2 rings (SSSR count). The molecular formula is C18H22N2O7P2. The predicted molar refractivity (Wildman–Crippen MR) is 104 cm³/mol. The van der Waals surface area contributed by atoms with Crippen molar-refractivity contribution in [1.82, 2.24) is 10.2 Å². The number of nitrogens with one attached hydrogen (secondary N) is 1. The summed E-state index contributed by atoms with van der Waals surface area (Å²) in [6.45, 7) is 1.03. The number of hydrogen-bond acceptors (Lipinski definition) is 7. The van der Waals surface area contributed by atoms with Crippen molar-refractivity contribution in [2.45, 2.75) is 43.9 Å². The van der Waals surface area contributed by atoms with Gasteiger partial charge in [0.1, 0.15) is 12.7 Å². The highest BCUT2D eigenvalue weighted by atomic mass is 31.1. The van der Waals surface area contributed by atoms with Crippen molar-refractivity contribution in [1.29, 1.82) is 0 Å². The SMILES string of the molecule is O=PC(NC(=O)CCC(=O)OC1CCN(C(=O)OCc2ccccc2)CC1)P=O. The monoisotopic (exact) mass is 440 g/mol. The standard InChI is InChI=1S/C18H22N2O7P2/c21-15(19-17(28-24)29-25)6-7-16(22)27-14-8-10-20(11-9-14)18(23)26-12-13-4-2-1-3-5-13/h1-5,14,17H,6-12H2,(H,19,21). The average Bonchev–Trinajstić information content (AvgIpc) is 2.75. The average molecular weight is 440 g/mol. The molecular weight excluding hydrogens is 418 g/mol. The molecule has 0 aliphatic carbocycles. The van der Waals surface area contributed by atoms with E-state index >= 15 is 0 Å². The van der Waals surface area contributed by atoms with E-state index in [2.05, 4.69) is 5.32 Å². The number of rotatable bonds is 9. The fourth-order valence-electron chi connectivity index (χ4n) is 2.72. The molecule has 1 aliphatic rings. The van der Waals surface area contributed by atoms with Gasteiger partial charge in [0.15, 0.2) is 22.4 Å². The molecule has 0 unspecified atom stereocenters. The molecule has 11 heteroatoms. The van der Waals surface area contributed by atoms with Gasteiger partial charge >= 0.3 is 12.1 Å². The Hall–Kier alpha value is -2.37. The topological polar surface area (TPSA) is 119 Å². The Balaban J connectivity index is 1.63. The second-order valence-corrected chi connectivity index (χ2v) is 8.23. The highest BCUT2D eigenvalue weighted by molar-refractivity contribution is 7.44. The number of carbonyl (C=O) groups excluding carboxylic acids is 3. The van der Waals surface area contributed by atoms with Gasteiger partial charge in [0.05, 0.1) is 6.42 Å². The summed E-state index contributed by atoms with van der Waals surface area (Å²) >= 11 is 0. The zero-order chi connectivity index (χ0) is 21.1. The first-order valence-electron chi connectivity index (χ1n) is 9.11. The largest absolute Gasteiger partial charge is 0.462 e. The number of esters is 1. The van der Waals surface area contributed by atoms with Crippen LogP contribution in [0.5, 0.6) is 0 Å². The fourth-order valence-corrected chi connectivity index (χ4v) is 3.26. The number of benzene rings is 1. The van der Waals surface area contributed by atoms with Crippen LogP contribution in [0.4, 0.5) is 4.79 Å². The number of hydrogen-bond donors (Lipinski definition) is 1. The quantitative estimate of drug-likeness (QED) is 0.463. The lowest BCUT2D eigenvalue weighted by Gasteiger charge is -2.31. The minimum atomic E-state index is -1.01. The Kier molecular flexibility index (Phi) is 9.68. The lowest BCUT2D eigenvalue weighted by Crippen LogP contribution is -2.41. The minimum absolute atomic E-state index is 0.136. The van der Waals surface area contributed by atoms with E-state index in [1.54, 1.807) is 4.90 Å². The maximum atomic E-state index is 12.1. The molecule has 0 bridgehead atoms. The van der Waals surface area contributed by atoms with Gasteiger partial charge in [0, 0.05) is 32.4 Å². The van der Waals surface area contributed by atoms with Crippen LogP contribution < -0.4 is 5.32 Å². The number of carbonyl (C=O) groups is 3. The van der Waals surface area contributed by atoms with Crippen molar-refractivity contribution in [2.75, 3.05) is 13.1 Å². The van der Waals surface area contributed by atoms with Crippen molar-refractivity contribution in [3.8, 4) is 0 Å². The van der Waals surface area contributed by atoms with Gasteiger partial charge in [0.2, 0.25) is 5.91 Å². The highest BCUT2D eigenvalue weighted by Gasteiger charge is 2.26. The van der Waals surface area contributed by atoms with E-state index in [1.807, 2.05) is 30.3 Å². The number of amides is 2. The lowest BCUT2D eigenvalue weighted by atomic mass is 10.1. The molecule has 2 amide bonds. The maximum Gasteiger partial charge on any atom is 0.410 e. The molecule has 9 nitrogen and oxygen atoms in total. The summed E-state index contributed by atoms with van der Waals surface area (Å²) in [4.78, 5) is 37.2. The molecule has 0 aromatic heterocycles. The molecule has 1 aliphatic heterocycles. The van der Waals surface area contributed by atoms with Gasteiger partial charge in [-0.1, -0.05) is 30.3 Å². The number of nitrogens with zero attached hydrogens (tertiary/aromatic N) is 1. The van der Waals surface area contributed by atoms with Crippen LogP contribution in [0.2, 0.25) is 0 Å². The Morgan fingerprint density at radius 2 is 1.72 bits per heavy atom. The van der Waals surface area contributed by atoms with E-state index in [4.69, 9.17) is 9.47 Å². The van der Waals surface area contributed by atoms with Gasteiger partial charge in [-0.2, -0.15) is 0 Å². The first kappa shape index (κ1) is 22.9. The molecule has 0 atom stereocenters. The smallest absolute Gasteiger partial charge is 0.410 e. The van der Waals surface area contributed by atoms with E-state index < -0.39 is 40.4 Å². The van der Waals surface area contributed by atoms with Crippen LogP contribution in [0.3, 0.4) is 0 Å². The summed E-state index contributed by atoms with van der Waals surface area (Å²) in [5.74, 6) is -1.06. The summed E-state index contributed by atoms with van der Waals surface area (Å²) in [6, 6.07) is 9.38. The third-order valence-corrected chi connectivity index (χ3v) is 5.47. The number of likely N-dealkylation sites (tertiary alicyclic amines) is 1. The zero-order valence-electron chi connectivity index (χ0n) is 15.7. The fraction of sp³-hybridized carbons (Fsp3) is 0.500. The molecule has 156 valence electrons. The molecule has 1 aromatic carbocycles. The van der Waals surface area contributed by atoms with Crippen molar-refractivity contribution >= 4 is 34.9 Å². The van der Waals surface area contributed by atoms with Gasteiger partial charge < -0.3 is 19.7 Å². The van der Waals surface area contributed by atoms with Crippen LogP contribution in [0, 0.1) is 0 Å². The third kappa shape index (κ3) is 8.26. The Labute approximate surface area is 171 Å². The predicted octanol–water partition coefficient (Wildman–Crippen LogP) is 3.09. The van der Waals surface area contributed by atoms with Crippen LogP contribution in [0.15, 0.2) is 30.3 Å². The summed E-state index contributed by atoms with van der Waals surface area (Å²) < 4.78 is 31.8. The van der Waals surface area contributed by atoms with Gasteiger partial charge in [-0.25, -0.2) is 4.79 Å². The summed E-state index contributed by atoms with van der Waals surface area (Å²) in [7, 11) is -0.934. The molecule has 1 aromatic rings. The second kappa shape index (κ2) is 12.2. The van der Waals surface area contributed by atoms with E-state index in [0.29, 0.717) is 25.9 Å². The normalized spacial score (nSPS) is 15.7. The second-order valence-electron chi connectivity index (χ2n) is 6.37. The van der Waals surface area contributed by atoms with Crippen LogP contribution in [-0.2, 0) is 34.8 Å². The van der Waals surface area contributed by atoms with Crippen molar-refractivity contribution in [2.24, 2.45) is 0 Å². The van der Waals surface area contributed by atoms with E-state index in [0.717, 1.165) is 5.56 Å². The first-order chi connectivity index (χ1) is 14.0. The summed E-state index contributed by atoms with van der Waals surface area (Å²) in [5.41, 5.74) is -0.103. The van der Waals surface area contributed by atoms with Crippen LogP contribution in [0.1, 0.15) is 31.2 Å². The molecule has 0 saturated carbocycles. The van der Waals surface area contributed by atoms with Crippen LogP contribution >= 0.6 is 16.9 Å². The molecule has 1 fully saturated rings. The van der Waals surface area contributed by atoms with Crippen molar-refractivity contribution < 1.29 is 33.0 Å². The van der Waals surface area contributed by atoms with E-state index in [9.17, 15) is 23.5 Å². The van der Waals surface area contributed by atoms with Crippen LogP contribution in [0.25, 0.3) is 0 Å². The van der Waals surface area contributed by atoms with Gasteiger partial charge in [-0.05, 0) is 5.56 Å². The Morgan fingerprint density at radius 1 is 1.07 bits per heavy atom. The first-order valence-corrected chi connectivity index (χ1v) is 10.9. The number of piperidine rings is 1. The van der Waals surface area contributed by atoms with Crippen LogP contribution in [-0.4, -0.2) is 47.6 Å². The van der Waals surface area contributed by atoms with E-state index in [1.165, 1.54) is 0 Å². The summed E-state index contributed by atoms with van der Waals surface area (Å²) in [5, 5.41) is 2.26. The molecule has 0 spiro atoms. The molecule has 1 saturated heterocycles. The minimum Gasteiger partial charge on any atom is -0.462 e. The van der Waals surface area contributed by atoms with Gasteiger partial charge in [0.25, 0.3) is 0 Å². The molecule has 1 heterocycles. The molecule has 29 heavy (non-hydrogen) atoms. The molecule has 0 radical (unpaired) electrons. The molecule has 1 N–H and O–H groups in total. The number of ether oxygens (including phenoxy) is 2. The maximum absolute atomic E-state index is 12.1. The van der Waals surface area contributed by atoms with Crippen molar-refractivity contribution in [3.63, 3.8) is 0 Å². The highest BCUT2D eigenvalue weighted by Crippen LogP contribution is 2.17. The van der Waals surface area contributed by atoms with Gasteiger partial charge in [-0.15, -0.1) is 0 Å².